The van der Waals surface area contributed by atoms with Crippen LogP contribution >= 0.6 is 0 Å². The fourth-order valence-electron chi connectivity index (χ4n) is 2.00. The van der Waals surface area contributed by atoms with Crippen LogP contribution in [0, 0.1) is 11.8 Å². The maximum atomic E-state index is 3.94. The maximum absolute atomic E-state index is 3.94. The Balaban J connectivity index is 2.24. The lowest BCUT2D eigenvalue weighted by atomic mass is 9.99. The summed E-state index contributed by atoms with van der Waals surface area (Å²) in [5.74, 6) is 1.94. The summed E-state index contributed by atoms with van der Waals surface area (Å²) >= 11 is 0. The summed E-state index contributed by atoms with van der Waals surface area (Å²) in [5.41, 5.74) is 1.36. The average Bonchev–Trinajstić information content (AvgIpc) is 2.13. The zero-order valence-electron chi connectivity index (χ0n) is 7.19. The molecular formula is C10H18. The number of allylic oxidation sites excluding steroid dienone is 1. The third-order valence-electron chi connectivity index (χ3n) is 2.44. The Labute approximate surface area is 64.3 Å². The molecule has 0 saturated heterocycles. The van der Waals surface area contributed by atoms with Crippen LogP contribution in [0.1, 0.15) is 39.5 Å². The van der Waals surface area contributed by atoms with Gasteiger partial charge < -0.3 is 0 Å². The van der Waals surface area contributed by atoms with E-state index in [1.54, 1.807) is 0 Å². The largest absolute Gasteiger partial charge is 0.100 e. The zero-order chi connectivity index (χ0) is 7.56. The van der Waals surface area contributed by atoms with Crippen LogP contribution in [-0.2, 0) is 0 Å². The van der Waals surface area contributed by atoms with Crippen LogP contribution in [0.15, 0.2) is 12.2 Å². The fourth-order valence-corrected chi connectivity index (χ4v) is 2.00. The number of hydrogen-bond donors (Lipinski definition) is 0. The van der Waals surface area contributed by atoms with E-state index in [2.05, 4.69) is 20.4 Å². The summed E-state index contributed by atoms with van der Waals surface area (Å²) in [6, 6.07) is 0. The molecule has 0 aromatic heterocycles. The standard InChI is InChI=1S/C10H18/c1-8(2)6-10-5-4-9(3)7-10/h9-10H,1,4-7H2,2-3H3. The monoisotopic (exact) mass is 138 g/mol. The van der Waals surface area contributed by atoms with Crippen molar-refractivity contribution in [3.63, 3.8) is 0 Å². The Morgan fingerprint density at radius 1 is 1.50 bits per heavy atom. The minimum absolute atomic E-state index is 0.965. The highest BCUT2D eigenvalue weighted by molar-refractivity contribution is 4.92. The average molecular weight is 138 g/mol. The molecule has 0 nitrogen and oxygen atoms in total. The van der Waals surface area contributed by atoms with Crippen molar-refractivity contribution in [3.8, 4) is 0 Å². The van der Waals surface area contributed by atoms with Gasteiger partial charge in [-0.3, -0.25) is 0 Å². The highest BCUT2D eigenvalue weighted by Gasteiger charge is 2.20. The molecule has 2 atom stereocenters. The third kappa shape index (κ3) is 2.17. The Hall–Kier alpha value is -0.260. The fraction of sp³-hybridized carbons (Fsp3) is 0.800. The van der Waals surface area contributed by atoms with Crippen LogP contribution < -0.4 is 0 Å². The minimum atomic E-state index is 0.965. The second-order valence-electron chi connectivity index (χ2n) is 3.95. The smallest absolute Gasteiger partial charge is 0.0297 e. The quantitative estimate of drug-likeness (QED) is 0.513. The summed E-state index contributed by atoms with van der Waals surface area (Å²) in [6.07, 6.45) is 5.59. The molecule has 0 aromatic carbocycles. The van der Waals surface area contributed by atoms with Crippen LogP contribution in [0.2, 0.25) is 0 Å². The SMILES string of the molecule is C=C(C)CC1CCC(C)C1. The third-order valence-corrected chi connectivity index (χ3v) is 2.44. The van der Waals surface area contributed by atoms with Gasteiger partial charge in [-0.15, -0.1) is 6.58 Å². The molecule has 1 saturated carbocycles. The van der Waals surface area contributed by atoms with Gasteiger partial charge >= 0.3 is 0 Å². The molecule has 2 unspecified atom stereocenters. The normalized spacial score (nSPS) is 32.6. The molecule has 0 N–H and O–H groups in total. The van der Waals surface area contributed by atoms with Crippen LogP contribution in [0.4, 0.5) is 0 Å². The maximum Gasteiger partial charge on any atom is -0.0297 e. The molecule has 0 aromatic rings. The lowest BCUT2D eigenvalue weighted by Crippen LogP contribution is -1.94. The predicted molar refractivity (Wildman–Crippen MR) is 45.9 cm³/mol. The lowest BCUT2D eigenvalue weighted by molar-refractivity contribution is 0.512. The van der Waals surface area contributed by atoms with Gasteiger partial charge in [-0.05, 0) is 38.0 Å². The summed E-state index contributed by atoms with van der Waals surface area (Å²) in [6.45, 7) is 8.45. The first-order valence-electron chi connectivity index (χ1n) is 4.33. The van der Waals surface area contributed by atoms with Crippen LogP contribution in [-0.4, -0.2) is 0 Å². The molecule has 0 spiro atoms. The summed E-state index contributed by atoms with van der Waals surface area (Å²) in [4.78, 5) is 0. The molecule has 58 valence electrons. The Bertz CT molecular complexity index is 124. The Kier molecular flexibility index (Phi) is 2.53. The van der Waals surface area contributed by atoms with Crippen LogP contribution in [0.5, 0.6) is 0 Å². The van der Waals surface area contributed by atoms with E-state index < -0.39 is 0 Å². The first kappa shape index (κ1) is 7.84. The van der Waals surface area contributed by atoms with Gasteiger partial charge in [-0.25, -0.2) is 0 Å². The molecule has 10 heavy (non-hydrogen) atoms. The van der Waals surface area contributed by atoms with E-state index in [4.69, 9.17) is 0 Å². The van der Waals surface area contributed by atoms with Crippen molar-refractivity contribution in [2.24, 2.45) is 11.8 Å². The van der Waals surface area contributed by atoms with E-state index in [0.717, 1.165) is 11.8 Å². The van der Waals surface area contributed by atoms with Gasteiger partial charge in [0.15, 0.2) is 0 Å². The van der Waals surface area contributed by atoms with Crippen molar-refractivity contribution in [2.45, 2.75) is 39.5 Å². The minimum Gasteiger partial charge on any atom is -0.100 e. The molecule has 1 rings (SSSR count). The highest BCUT2D eigenvalue weighted by atomic mass is 14.3. The Morgan fingerprint density at radius 3 is 2.60 bits per heavy atom. The van der Waals surface area contributed by atoms with Crippen molar-refractivity contribution in [3.05, 3.63) is 12.2 Å². The van der Waals surface area contributed by atoms with E-state index >= 15 is 0 Å². The molecule has 1 fully saturated rings. The molecule has 0 heterocycles. The van der Waals surface area contributed by atoms with E-state index in [-0.39, 0.29) is 0 Å². The van der Waals surface area contributed by atoms with Crippen molar-refractivity contribution in [1.82, 2.24) is 0 Å². The molecule has 0 amide bonds. The molecule has 1 aliphatic rings. The second-order valence-corrected chi connectivity index (χ2v) is 3.95. The highest BCUT2D eigenvalue weighted by Crippen LogP contribution is 2.33. The second kappa shape index (κ2) is 3.23. The van der Waals surface area contributed by atoms with Crippen LogP contribution in [0.3, 0.4) is 0 Å². The van der Waals surface area contributed by atoms with E-state index in [1.807, 2.05) is 0 Å². The van der Waals surface area contributed by atoms with E-state index in [9.17, 15) is 0 Å². The van der Waals surface area contributed by atoms with Gasteiger partial charge in [0.2, 0.25) is 0 Å². The molecule has 0 bridgehead atoms. The molecule has 0 radical (unpaired) electrons. The first-order valence-corrected chi connectivity index (χ1v) is 4.33. The molecular weight excluding hydrogens is 120 g/mol. The first-order chi connectivity index (χ1) is 4.68. The Morgan fingerprint density at radius 2 is 2.20 bits per heavy atom. The summed E-state index contributed by atoms with van der Waals surface area (Å²) < 4.78 is 0. The van der Waals surface area contributed by atoms with E-state index in [1.165, 1.54) is 31.3 Å². The zero-order valence-corrected chi connectivity index (χ0v) is 7.19. The van der Waals surface area contributed by atoms with Crippen molar-refractivity contribution >= 4 is 0 Å². The summed E-state index contributed by atoms with van der Waals surface area (Å²) in [7, 11) is 0. The molecule has 0 heteroatoms. The molecule has 0 aliphatic heterocycles. The van der Waals surface area contributed by atoms with Gasteiger partial charge in [-0.2, -0.15) is 0 Å². The number of hydrogen-bond acceptors (Lipinski definition) is 0. The predicted octanol–water partition coefficient (Wildman–Crippen LogP) is 3.39. The van der Waals surface area contributed by atoms with Crippen LogP contribution in [0.25, 0.3) is 0 Å². The van der Waals surface area contributed by atoms with Gasteiger partial charge in [0.1, 0.15) is 0 Å². The summed E-state index contributed by atoms with van der Waals surface area (Å²) in [5, 5.41) is 0. The van der Waals surface area contributed by atoms with E-state index in [0.29, 0.717) is 0 Å². The van der Waals surface area contributed by atoms with Gasteiger partial charge in [0, 0.05) is 0 Å². The topological polar surface area (TPSA) is 0 Å². The van der Waals surface area contributed by atoms with Gasteiger partial charge in [-0.1, -0.05) is 18.9 Å². The van der Waals surface area contributed by atoms with Gasteiger partial charge in [0.05, 0.1) is 0 Å². The lowest BCUT2D eigenvalue weighted by Gasteiger charge is -2.07. The van der Waals surface area contributed by atoms with Crippen molar-refractivity contribution in [2.75, 3.05) is 0 Å². The van der Waals surface area contributed by atoms with Crippen molar-refractivity contribution in [1.29, 1.82) is 0 Å². The van der Waals surface area contributed by atoms with Gasteiger partial charge in [0.25, 0.3) is 0 Å². The van der Waals surface area contributed by atoms with Crippen molar-refractivity contribution < 1.29 is 0 Å². The molecule has 1 aliphatic carbocycles. The number of rotatable bonds is 2.